The molecule has 156 valence electrons. The van der Waals surface area contributed by atoms with Gasteiger partial charge in [-0.1, -0.05) is 41.4 Å². The predicted molar refractivity (Wildman–Crippen MR) is 119 cm³/mol. The number of ether oxygens (including phenoxy) is 1. The average molecular weight is 455 g/mol. The van der Waals surface area contributed by atoms with Gasteiger partial charge in [0.05, 0.1) is 45.4 Å². The second-order valence-corrected chi connectivity index (χ2v) is 7.28. The summed E-state index contributed by atoms with van der Waals surface area (Å²) in [6.45, 7) is 1.96. The molecule has 2 aromatic carbocycles. The van der Waals surface area contributed by atoms with E-state index < -0.39 is 11.9 Å². The number of carbonyl (C=O) groups is 2. The van der Waals surface area contributed by atoms with Crippen LogP contribution in [0.2, 0.25) is 10.0 Å². The van der Waals surface area contributed by atoms with E-state index in [0.717, 1.165) is 0 Å². The molecule has 4 rings (SSSR count). The van der Waals surface area contributed by atoms with Crippen LogP contribution in [0.1, 0.15) is 27.6 Å². The highest BCUT2D eigenvalue weighted by molar-refractivity contribution is 6.40. The van der Waals surface area contributed by atoms with Crippen molar-refractivity contribution in [1.82, 2.24) is 14.5 Å². The van der Waals surface area contributed by atoms with Crippen LogP contribution in [0.3, 0.4) is 0 Å². The van der Waals surface area contributed by atoms with Crippen molar-refractivity contribution in [3.05, 3.63) is 82.5 Å². The molecule has 2 heterocycles. The number of nitrogens with zero attached hydrogens (tertiary/aromatic N) is 3. The number of para-hydroxylation sites is 1. The van der Waals surface area contributed by atoms with E-state index in [1.165, 1.54) is 6.20 Å². The summed E-state index contributed by atoms with van der Waals surface area (Å²) in [5, 5.41) is 3.92. The fourth-order valence-electron chi connectivity index (χ4n) is 3.24. The van der Waals surface area contributed by atoms with Gasteiger partial charge in [0, 0.05) is 24.0 Å². The van der Waals surface area contributed by atoms with Crippen molar-refractivity contribution >= 4 is 51.7 Å². The fraction of sp³-hybridized carbons (Fsp3) is 0.0909. The lowest BCUT2D eigenvalue weighted by atomic mass is 10.1. The summed E-state index contributed by atoms with van der Waals surface area (Å²) in [4.78, 5) is 33.9. The fourth-order valence-corrected chi connectivity index (χ4v) is 3.81. The van der Waals surface area contributed by atoms with Gasteiger partial charge in [-0.25, -0.2) is 9.78 Å². The molecule has 0 aliphatic rings. The number of imidazole rings is 1. The van der Waals surface area contributed by atoms with Crippen LogP contribution in [-0.4, -0.2) is 33.0 Å². The predicted octanol–water partition coefficient (Wildman–Crippen LogP) is 5.16. The Kier molecular flexibility index (Phi) is 5.88. The number of hydrogen-bond acceptors (Lipinski definition) is 5. The number of amides is 1. The van der Waals surface area contributed by atoms with Crippen molar-refractivity contribution < 1.29 is 14.3 Å². The standard InChI is InChI=1S/C22H16Cl2N4O3/c1-2-31-22(30)14-11-26-19-13(20(14)28-10-9-25-12-28)5-3-8-17(19)27-21(29)18-15(23)6-4-7-16(18)24/h3-12H,2H2,1H3,(H,27,29). The Bertz CT molecular complexity index is 1270. The highest BCUT2D eigenvalue weighted by atomic mass is 35.5. The number of benzene rings is 2. The molecule has 0 saturated carbocycles. The molecule has 1 N–H and O–H groups in total. The van der Waals surface area contributed by atoms with Crippen LogP contribution in [0.5, 0.6) is 0 Å². The number of esters is 1. The summed E-state index contributed by atoms with van der Waals surface area (Å²) in [6.07, 6.45) is 6.32. The van der Waals surface area contributed by atoms with Crippen molar-refractivity contribution in [2.24, 2.45) is 0 Å². The zero-order valence-corrected chi connectivity index (χ0v) is 17.8. The Morgan fingerprint density at radius 3 is 2.55 bits per heavy atom. The normalized spacial score (nSPS) is 10.8. The molecule has 0 spiro atoms. The summed E-state index contributed by atoms with van der Waals surface area (Å²) >= 11 is 12.3. The number of fused-ring (bicyclic) bond motifs is 1. The molecule has 0 atom stereocenters. The van der Waals surface area contributed by atoms with E-state index in [0.29, 0.717) is 22.3 Å². The molecule has 0 saturated heterocycles. The number of carbonyl (C=O) groups excluding carboxylic acids is 2. The average Bonchev–Trinajstić information content (AvgIpc) is 3.27. The maximum Gasteiger partial charge on any atom is 0.341 e. The smallest absolute Gasteiger partial charge is 0.341 e. The molecule has 31 heavy (non-hydrogen) atoms. The van der Waals surface area contributed by atoms with Gasteiger partial charge in [0.15, 0.2) is 0 Å². The molecule has 0 bridgehead atoms. The summed E-state index contributed by atoms with van der Waals surface area (Å²) in [5.74, 6) is -0.971. The van der Waals surface area contributed by atoms with Crippen LogP contribution in [0.25, 0.3) is 16.6 Å². The summed E-state index contributed by atoms with van der Waals surface area (Å²) in [6, 6.07) is 10.1. The van der Waals surface area contributed by atoms with Crippen LogP contribution in [-0.2, 0) is 4.74 Å². The zero-order valence-electron chi connectivity index (χ0n) is 16.3. The minimum Gasteiger partial charge on any atom is -0.462 e. The Morgan fingerprint density at radius 2 is 1.87 bits per heavy atom. The molecular weight excluding hydrogens is 439 g/mol. The van der Waals surface area contributed by atoms with E-state index in [4.69, 9.17) is 27.9 Å². The number of hydrogen-bond donors (Lipinski definition) is 1. The summed E-state index contributed by atoms with van der Waals surface area (Å²) < 4.78 is 6.88. The highest BCUT2D eigenvalue weighted by Gasteiger charge is 2.21. The number of rotatable bonds is 5. The van der Waals surface area contributed by atoms with Gasteiger partial charge >= 0.3 is 5.97 Å². The maximum atomic E-state index is 12.9. The van der Waals surface area contributed by atoms with Gasteiger partial charge in [-0.15, -0.1) is 0 Å². The van der Waals surface area contributed by atoms with Gasteiger partial charge < -0.3 is 14.6 Å². The lowest BCUT2D eigenvalue weighted by Gasteiger charge is -2.15. The lowest BCUT2D eigenvalue weighted by molar-refractivity contribution is 0.0526. The third kappa shape index (κ3) is 3.97. The summed E-state index contributed by atoms with van der Waals surface area (Å²) in [5.41, 5.74) is 1.92. The van der Waals surface area contributed by atoms with Crippen molar-refractivity contribution in [3.63, 3.8) is 0 Å². The van der Waals surface area contributed by atoms with E-state index in [1.807, 2.05) is 0 Å². The number of anilines is 1. The third-order valence-corrected chi connectivity index (χ3v) is 5.19. The molecule has 0 unspecified atom stereocenters. The largest absolute Gasteiger partial charge is 0.462 e. The van der Waals surface area contributed by atoms with Crippen molar-refractivity contribution in [3.8, 4) is 5.69 Å². The van der Waals surface area contributed by atoms with Gasteiger partial charge in [0.2, 0.25) is 0 Å². The van der Waals surface area contributed by atoms with E-state index >= 15 is 0 Å². The van der Waals surface area contributed by atoms with Gasteiger partial charge in [0.1, 0.15) is 5.56 Å². The first-order chi connectivity index (χ1) is 15.0. The maximum absolute atomic E-state index is 12.9. The second kappa shape index (κ2) is 8.75. The number of halogens is 2. The molecule has 0 aliphatic carbocycles. The van der Waals surface area contributed by atoms with E-state index in [9.17, 15) is 9.59 Å². The van der Waals surface area contributed by atoms with Crippen LogP contribution < -0.4 is 5.32 Å². The van der Waals surface area contributed by atoms with Crippen molar-refractivity contribution in [2.75, 3.05) is 11.9 Å². The first-order valence-corrected chi connectivity index (χ1v) is 10.1. The molecule has 0 fully saturated rings. The topological polar surface area (TPSA) is 86.1 Å². The van der Waals surface area contributed by atoms with Gasteiger partial charge in [-0.3, -0.25) is 9.78 Å². The minimum absolute atomic E-state index is 0.167. The molecule has 0 aliphatic heterocycles. The second-order valence-electron chi connectivity index (χ2n) is 6.46. The van der Waals surface area contributed by atoms with Crippen LogP contribution in [0.4, 0.5) is 5.69 Å². The van der Waals surface area contributed by atoms with E-state index in [2.05, 4.69) is 15.3 Å². The molecule has 1 amide bonds. The number of aromatic nitrogens is 3. The molecule has 0 radical (unpaired) electrons. The summed E-state index contributed by atoms with van der Waals surface area (Å²) in [7, 11) is 0. The number of pyridine rings is 1. The first kappa shape index (κ1) is 20.8. The van der Waals surface area contributed by atoms with Crippen molar-refractivity contribution in [2.45, 2.75) is 6.92 Å². The van der Waals surface area contributed by atoms with Crippen LogP contribution in [0.15, 0.2) is 61.3 Å². The van der Waals surface area contributed by atoms with Crippen LogP contribution >= 0.6 is 23.2 Å². The Labute approximate surface area is 187 Å². The Hall–Kier alpha value is -3.42. The SMILES string of the molecule is CCOC(=O)c1cnc2c(NC(=O)c3c(Cl)cccc3Cl)cccc2c1-n1ccnc1. The van der Waals surface area contributed by atoms with Gasteiger partial charge in [-0.2, -0.15) is 0 Å². The number of nitrogens with one attached hydrogen (secondary N) is 1. The zero-order chi connectivity index (χ0) is 22.0. The molecular formula is C22H16Cl2N4O3. The first-order valence-electron chi connectivity index (χ1n) is 9.33. The molecule has 9 heteroatoms. The third-order valence-electron chi connectivity index (χ3n) is 4.56. The van der Waals surface area contributed by atoms with Gasteiger partial charge in [0.25, 0.3) is 5.91 Å². The monoisotopic (exact) mass is 454 g/mol. The highest BCUT2D eigenvalue weighted by Crippen LogP contribution is 2.31. The van der Waals surface area contributed by atoms with E-state index in [-0.39, 0.29) is 27.8 Å². The van der Waals surface area contributed by atoms with Crippen molar-refractivity contribution in [1.29, 1.82) is 0 Å². The molecule has 7 nitrogen and oxygen atoms in total. The lowest BCUT2D eigenvalue weighted by Crippen LogP contribution is -2.15. The quantitative estimate of drug-likeness (QED) is 0.421. The molecule has 2 aromatic heterocycles. The Morgan fingerprint density at radius 1 is 1.13 bits per heavy atom. The van der Waals surface area contributed by atoms with Crippen LogP contribution in [0, 0.1) is 0 Å². The minimum atomic E-state index is -0.502. The Balaban J connectivity index is 1.85. The van der Waals surface area contributed by atoms with Gasteiger partial charge in [-0.05, 0) is 25.1 Å². The van der Waals surface area contributed by atoms with E-state index in [1.54, 1.807) is 66.6 Å². The molecule has 4 aromatic rings.